The van der Waals surface area contributed by atoms with Crippen LogP contribution in [0.3, 0.4) is 0 Å². The number of hydrogen-bond donors (Lipinski definition) is 3. The van der Waals surface area contributed by atoms with E-state index in [4.69, 9.17) is 5.11 Å². The molecule has 36 heavy (non-hydrogen) atoms. The number of unbranched alkanes of at least 4 members (excludes halogenated alkanes) is 5. The van der Waals surface area contributed by atoms with Crippen molar-refractivity contribution >= 4 is 35.0 Å². The third kappa shape index (κ3) is 8.80. The van der Waals surface area contributed by atoms with Crippen LogP contribution in [0.2, 0.25) is 0 Å². The standard InChI is InChI=1S/C29H34O5S2/c30-26(29(33)34)27(35-20-23-18-19-25(36-23)28(31)32)24-17-11-10-16-22(24)15-9-4-2-1-3-6-12-21-13-7-5-8-14-21/h5,7-8,10-11,13-14,16-19,26-27,30H,1-4,6,9,12,15,20H2,(H,31,32)(H,33,34). The maximum absolute atomic E-state index is 11.7. The molecule has 0 amide bonds. The minimum atomic E-state index is -1.54. The average Bonchev–Trinajstić information content (AvgIpc) is 3.36. The molecule has 0 aliphatic rings. The van der Waals surface area contributed by atoms with Gasteiger partial charge in [-0.3, -0.25) is 0 Å². The molecule has 5 nitrogen and oxygen atoms in total. The fourth-order valence-corrected chi connectivity index (χ4v) is 6.49. The fraction of sp³-hybridized carbons (Fsp3) is 0.379. The Morgan fingerprint density at radius 1 is 0.778 bits per heavy atom. The second-order valence-corrected chi connectivity index (χ2v) is 11.2. The van der Waals surface area contributed by atoms with Crippen molar-refractivity contribution < 1.29 is 24.9 Å². The van der Waals surface area contributed by atoms with Gasteiger partial charge >= 0.3 is 11.9 Å². The van der Waals surface area contributed by atoms with Crippen LogP contribution in [-0.4, -0.2) is 33.4 Å². The lowest BCUT2D eigenvalue weighted by atomic mass is 9.96. The van der Waals surface area contributed by atoms with Crippen LogP contribution < -0.4 is 0 Å². The number of aromatic carboxylic acids is 1. The number of thiophene rings is 1. The van der Waals surface area contributed by atoms with Crippen molar-refractivity contribution in [1.82, 2.24) is 0 Å². The van der Waals surface area contributed by atoms with Crippen LogP contribution >= 0.6 is 23.1 Å². The zero-order valence-corrected chi connectivity index (χ0v) is 22.0. The van der Waals surface area contributed by atoms with Crippen LogP contribution in [0.5, 0.6) is 0 Å². The van der Waals surface area contributed by atoms with Gasteiger partial charge in [0.2, 0.25) is 0 Å². The number of aryl methyl sites for hydroxylation is 2. The lowest BCUT2D eigenvalue weighted by molar-refractivity contribution is -0.146. The van der Waals surface area contributed by atoms with Crippen LogP contribution in [0.15, 0.2) is 66.7 Å². The summed E-state index contributed by atoms with van der Waals surface area (Å²) >= 11 is 2.52. The minimum absolute atomic E-state index is 0.251. The summed E-state index contributed by atoms with van der Waals surface area (Å²) in [7, 11) is 0. The van der Waals surface area contributed by atoms with Crippen molar-refractivity contribution in [3.05, 3.63) is 93.2 Å². The third-order valence-corrected chi connectivity index (χ3v) is 8.79. The Morgan fingerprint density at radius 2 is 1.42 bits per heavy atom. The van der Waals surface area contributed by atoms with Gasteiger partial charge in [0.1, 0.15) is 4.88 Å². The first-order chi connectivity index (χ1) is 17.5. The number of carboxylic acids is 2. The molecule has 1 heterocycles. The van der Waals surface area contributed by atoms with E-state index in [-0.39, 0.29) is 4.88 Å². The van der Waals surface area contributed by atoms with Gasteiger partial charge in [0, 0.05) is 10.6 Å². The Morgan fingerprint density at radius 3 is 2.08 bits per heavy atom. The third-order valence-electron chi connectivity index (χ3n) is 6.18. The lowest BCUT2D eigenvalue weighted by Gasteiger charge is -2.23. The number of aliphatic carboxylic acids is 1. The zero-order chi connectivity index (χ0) is 25.8. The van der Waals surface area contributed by atoms with Gasteiger partial charge in [-0.05, 0) is 54.5 Å². The molecular weight excluding hydrogens is 492 g/mol. The Balaban J connectivity index is 1.51. The molecular formula is C29H34O5S2. The van der Waals surface area contributed by atoms with Crippen molar-refractivity contribution in [1.29, 1.82) is 0 Å². The predicted molar refractivity (Wildman–Crippen MR) is 147 cm³/mol. The molecule has 1 aromatic heterocycles. The van der Waals surface area contributed by atoms with E-state index in [2.05, 4.69) is 24.3 Å². The van der Waals surface area contributed by atoms with Gasteiger partial charge in [0.25, 0.3) is 0 Å². The molecule has 3 N–H and O–H groups in total. The van der Waals surface area contributed by atoms with Gasteiger partial charge in [-0.2, -0.15) is 0 Å². The van der Waals surface area contributed by atoms with E-state index in [9.17, 15) is 19.8 Å². The zero-order valence-electron chi connectivity index (χ0n) is 20.3. The van der Waals surface area contributed by atoms with Gasteiger partial charge in [0.15, 0.2) is 6.10 Å². The van der Waals surface area contributed by atoms with Crippen LogP contribution in [0.4, 0.5) is 0 Å². The van der Waals surface area contributed by atoms with E-state index in [1.165, 1.54) is 54.3 Å². The number of carboxylic acid groups (broad SMARTS) is 2. The normalized spacial score (nSPS) is 12.8. The number of aliphatic hydroxyl groups is 1. The maximum atomic E-state index is 11.7. The number of carbonyl (C=O) groups is 2. The number of rotatable bonds is 16. The van der Waals surface area contributed by atoms with Crippen LogP contribution in [0, 0.1) is 0 Å². The van der Waals surface area contributed by atoms with Gasteiger partial charge in [-0.1, -0.05) is 80.3 Å². The lowest BCUT2D eigenvalue weighted by Crippen LogP contribution is -2.26. The fourth-order valence-electron chi connectivity index (χ4n) is 4.26. The van der Waals surface area contributed by atoms with Gasteiger partial charge in [0.05, 0.1) is 5.25 Å². The molecule has 7 heteroatoms. The molecule has 0 spiro atoms. The minimum Gasteiger partial charge on any atom is -0.479 e. The van der Waals surface area contributed by atoms with Gasteiger partial charge < -0.3 is 15.3 Å². The van der Waals surface area contributed by atoms with E-state index in [1.54, 1.807) is 12.1 Å². The highest BCUT2D eigenvalue weighted by atomic mass is 32.2. The van der Waals surface area contributed by atoms with Gasteiger partial charge in [-0.25, -0.2) is 9.59 Å². The Labute approximate surface area is 221 Å². The number of hydrogen-bond acceptors (Lipinski definition) is 5. The molecule has 192 valence electrons. The van der Waals surface area contributed by atoms with E-state index in [0.717, 1.165) is 41.7 Å². The van der Waals surface area contributed by atoms with Crippen molar-refractivity contribution in [2.45, 2.75) is 68.5 Å². The molecule has 3 rings (SSSR count). The highest BCUT2D eigenvalue weighted by Gasteiger charge is 2.29. The molecule has 0 bridgehead atoms. The summed E-state index contributed by atoms with van der Waals surface area (Å²) in [6.07, 6.45) is 7.38. The molecule has 2 unspecified atom stereocenters. The first-order valence-corrected chi connectivity index (χ1v) is 14.3. The second-order valence-electron chi connectivity index (χ2n) is 8.89. The molecule has 0 fully saturated rings. The molecule has 0 aliphatic heterocycles. The second kappa shape index (κ2) is 14.8. The maximum Gasteiger partial charge on any atom is 0.345 e. The van der Waals surface area contributed by atoms with E-state index in [0.29, 0.717) is 5.75 Å². The molecule has 3 aromatic rings. The van der Waals surface area contributed by atoms with Crippen molar-refractivity contribution in [3.8, 4) is 0 Å². The molecule has 0 aliphatic carbocycles. The SMILES string of the molecule is O=C(O)c1ccc(CSC(c2ccccc2CCCCCCCCc2ccccc2)C(O)C(=O)O)s1. The highest BCUT2D eigenvalue weighted by molar-refractivity contribution is 7.98. The number of aliphatic hydroxyl groups excluding tert-OH is 1. The predicted octanol–water partition coefficient (Wildman–Crippen LogP) is 6.99. The van der Waals surface area contributed by atoms with Crippen LogP contribution in [-0.2, 0) is 23.4 Å². The van der Waals surface area contributed by atoms with E-state index in [1.807, 2.05) is 30.3 Å². The topological polar surface area (TPSA) is 94.8 Å². The molecule has 2 aromatic carbocycles. The van der Waals surface area contributed by atoms with Crippen molar-refractivity contribution in [2.75, 3.05) is 0 Å². The highest BCUT2D eigenvalue weighted by Crippen LogP contribution is 2.38. The summed E-state index contributed by atoms with van der Waals surface area (Å²) in [5.41, 5.74) is 3.30. The summed E-state index contributed by atoms with van der Waals surface area (Å²) in [6.45, 7) is 0. The molecule has 2 atom stereocenters. The average molecular weight is 527 g/mol. The Bertz CT molecular complexity index is 1100. The van der Waals surface area contributed by atoms with E-state index < -0.39 is 23.3 Å². The summed E-state index contributed by atoms with van der Waals surface area (Å²) in [4.78, 5) is 23.9. The quantitative estimate of drug-likeness (QED) is 0.174. The molecule has 0 radical (unpaired) electrons. The molecule has 0 saturated heterocycles. The Hall–Kier alpha value is -2.61. The summed E-state index contributed by atoms with van der Waals surface area (Å²) in [6, 6.07) is 21.6. The first kappa shape index (κ1) is 28.0. The molecule has 0 saturated carbocycles. The largest absolute Gasteiger partial charge is 0.479 e. The van der Waals surface area contributed by atoms with E-state index >= 15 is 0 Å². The Kier molecular flexibility index (Phi) is 11.5. The monoisotopic (exact) mass is 526 g/mol. The smallest absolute Gasteiger partial charge is 0.345 e. The van der Waals surface area contributed by atoms with Crippen molar-refractivity contribution in [3.63, 3.8) is 0 Å². The summed E-state index contributed by atoms with van der Waals surface area (Å²) in [5, 5.41) is 28.5. The first-order valence-electron chi connectivity index (χ1n) is 12.4. The summed E-state index contributed by atoms with van der Waals surface area (Å²) < 4.78 is 0. The van der Waals surface area contributed by atoms with Crippen molar-refractivity contribution in [2.24, 2.45) is 0 Å². The summed E-state index contributed by atoms with van der Waals surface area (Å²) in [5.74, 6) is -1.79. The van der Waals surface area contributed by atoms with Gasteiger partial charge in [-0.15, -0.1) is 23.1 Å². The van der Waals surface area contributed by atoms with Crippen LogP contribution in [0.25, 0.3) is 0 Å². The van der Waals surface area contributed by atoms with Crippen LogP contribution in [0.1, 0.15) is 75.0 Å². The number of benzene rings is 2. The number of thioether (sulfide) groups is 1.